The molecule has 2 unspecified atom stereocenters. The number of carbonyl (C=O) groups is 1. The van der Waals surface area contributed by atoms with Gasteiger partial charge in [-0.3, -0.25) is 0 Å². The Hall–Kier alpha value is -1.63. The van der Waals surface area contributed by atoms with E-state index in [-0.39, 0.29) is 30.0 Å². The number of aliphatic hydroxyl groups is 1. The number of rotatable bonds is 6. The molecule has 1 fully saturated rings. The minimum absolute atomic E-state index is 0.0217. The third kappa shape index (κ3) is 3.97. The van der Waals surface area contributed by atoms with Crippen molar-refractivity contribution in [3.8, 4) is 0 Å². The molecular weight excluding hydrogens is 284 g/mol. The van der Waals surface area contributed by atoms with Crippen LogP contribution in [-0.4, -0.2) is 40.5 Å². The summed E-state index contributed by atoms with van der Waals surface area (Å²) in [6, 6.07) is -0.191. The largest absolute Gasteiger partial charge is 0.396 e. The molecule has 0 radical (unpaired) electrons. The lowest BCUT2D eigenvalue weighted by atomic mass is 9.86. The lowest BCUT2D eigenvalue weighted by molar-refractivity contribution is 0.121. The third-order valence-electron chi connectivity index (χ3n) is 4.37. The van der Waals surface area contributed by atoms with Gasteiger partial charge < -0.3 is 20.3 Å². The lowest BCUT2D eigenvalue weighted by Crippen LogP contribution is -2.48. The molecule has 7 nitrogen and oxygen atoms in total. The highest BCUT2D eigenvalue weighted by molar-refractivity contribution is 5.74. The molecule has 0 aliphatic heterocycles. The number of hydrogen-bond donors (Lipinski definition) is 3. The van der Waals surface area contributed by atoms with Crippen LogP contribution in [0, 0.1) is 5.41 Å². The molecule has 1 saturated carbocycles. The zero-order chi connectivity index (χ0) is 16.2. The molecule has 1 aliphatic rings. The third-order valence-corrected chi connectivity index (χ3v) is 4.37. The summed E-state index contributed by atoms with van der Waals surface area (Å²) in [4.78, 5) is 16.2. The van der Waals surface area contributed by atoms with Crippen LogP contribution in [0.4, 0.5) is 4.79 Å². The first-order valence-electron chi connectivity index (χ1n) is 7.92. The standard InChI is InChI=1S/C15H26N4O3/c1-10(2)13-18-12(22-19-13)6-8-16-14(21)17-11-5-4-7-15(11,3)9-20/h10-11,20H,4-9H2,1-3H3,(H2,16,17,21). The zero-order valence-corrected chi connectivity index (χ0v) is 13.6. The van der Waals surface area contributed by atoms with Crippen LogP contribution in [0.5, 0.6) is 0 Å². The predicted octanol–water partition coefficient (Wildman–Crippen LogP) is 1.59. The van der Waals surface area contributed by atoms with Crippen molar-refractivity contribution in [1.82, 2.24) is 20.8 Å². The van der Waals surface area contributed by atoms with E-state index >= 15 is 0 Å². The molecule has 2 amide bonds. The van der Waals surface area contributed by atoms with Crippen molar-refractivity contribution in [2.24, 2.45) is 5.41 Å². The summed E-state index contributed by atoms with van der Waals surface area (Å²) in [5.74, 6) is 1.45. The van der Waals surface area contributed by atoms with Gasteiger partial charge in [0.25, 0.3) is 0 Å². The van der Waals surface area contributed by atoms with Crippen LogP contribution >= 0.6 is 0 Å². The van der Waals surface area contributed by atoms with E-state index in [4.69, 9.17) is 4.52 Å². The van der Waals surface area contributed by atoms with Crippen molar-refractivity contribution in [1.29, 1.82) is 0 Å². The number of hydrogen-bond acceptors (Lipinski definition) is 5. The normalized spacial score (nSPS) is 24.7. The molecule has 0 aromatic carbocycles. The van der Waals surface area contributed by atoms with Gasteiger partial charge in [0.2, 0.25) is 5.89 Å². The SMILES string of the molecule is CC(C)c1noc(CCNC(=O)NC2CCCC2(C)CO)n1. The molecule has 1 heterocycles. The quantitative estimate of drug-likeness (QED) is 0.741. The van der Waals surface area contributed by atoms with Gasteiger partial charge in [0.1, 0.15) is 0 Å². The molecule has 2 rings (SSSR count). The summed E-state index contributed by atoms with van der Waals surface area (Å²) in [5.41, 5.74) is -0.212. The van der Waals surface area contributed by atoms with E-state index in [0.29, 0.717) is 24.7 Å². The van der Waals surface area contributed by atoms with Crippen LogP contribution in [-0.2, 0) is 6.42 Å². The number of nitrogens with one attached hydrogen (secondary N) is 2. The van der Waals surface area contributed by atoms with Crippen molar-refractivity contribution in [2.75, 3.05) is 13.2 Å². The van der Waals surface area contributed by atoms with E-state index in [9.17, 15) is 9.90 Å². The number of carbonyl (C=O) groups excluding carboxylic acids is 1. The van der Waals surface area contributed by atoms with Gasteiger partial charge >= 0.3 is 6.03 Å². The fourth-order valence-electron chi connectivity index (χ4n) is 2.76. The van der Waals surface area contributed by atoms with Gasteiger partial charge in [0, 0.05) is 30.3 Å². The van der Waals surface area contributed by atoms with E-state index in [1.807, 2.05) is 20.8 Å². The highest BCUT2D eigenvalue weighted by Crippen LogP contribution is 2.37. The summed E-state index contributed by atoms with van der Waals surface area (Å²) in [5, 5.41) is 19.1. The first kappa shape index (κ1) is 16.7. The molecule has 1 aromatic heterocycles. The molecule has 0 saturated heterocycles. The minimum Gasteiger partial charge on any atom is -0.396 e. The van der Waals surface area contributed by atoms with E-state index in [0.717, 1.165) is 19.3 Å². The maximum atomic E-state index is 11.9. The smallest absolute Gasteiger partial charge is 0.315 e. The molecule has 1 aromatic rings. The van der Waals surface area contributed by atoms with Crippen molar-refractivity contribution < 1.29 is 14.4 Å². The summed E-state index contributed by atoms with van der Waals surface area (Å²) in [7, 11) is 0. The van der Waals surface area contributed by atoms with Gasteiger partial charge in [-0.05, 0) is 12.8 Å². The van der Waals surface area contributed by atoms with E-state index < -0.39 is 0 Å². The molecule has 7 heteroatoms. The van der Waals surface area contributed by atoms with E-state index in [1.165, 1.54) is 0 Å². The van der Waals surface area contributed by atoms with Crippen LogP contribution in [0.2, 0.25) is 0 Å². The van der Waals surface area contributed by atoms with Crippen LogP contribution in [0.3, 0.4) is 0 Å². The van der Waals surface area contributed by atoms with Gasteiger partial charge in [-0.15, -0.1) is 0 Å². The molecule has 22 heavy (non-hydrogen) atoms. The van der Waals surface area contributed by atoms with Gasteiger partial charge in [-0.1, -0.05) is 32.3 Å². The predicted molar refractivity (Wildman–Crippen MR) is 81.5 cm³/mol. The van der Waals surface area contributed by atoms with E-state index in [1.54, 1.807) is 0 Å². The number of aliphatic hydroxyl groups excluding tert-OH is 1. The average molecular weight is 310 g/mol. The Morgan fingerprint density at radius 1 is 1.55 bits per heavy atom. The average Bonchev–Trinajstić information content (AvgIpc) is 3.07. The van der Waals surface area contributed by atoms with Crippen molar-refractivity contribution in [3.63, 3.8) is 0 Å². The van der Waals surface area contributed by atoms with Crippen LogP contribution in [0.1, 0.15) is 57.7 Å². The van der Waals surface area contributed by atoms with E-state index in [2.05, 4.69) is 20.8 Å². The zero-order valence-electron chi connectivity index (χ0n) is 13.6. The van der Waals surface area contributed by atoms with Crippen LogP contribution in [0.15, 0.2) is 4.52 Å². The van der Waals surface area contributed by atoms with Crippen molar-refractivity contribution in [2.45, 2.75) is 58.4 Å². The van der Waals surface area contributed by atoms with Crippen LogP contribution < -0.4 is 10.6 Å². The molecule has 3 N–H and O–H groups in total. The number of nitrogens with zero attached hydrogens (tertiary/aromatic N) is 2. The Morgan fingerprint density at radius 3 is 2.95 bits per heavy atom. The molecule has 1 aliphatic carbocycles. The fourth-order valence-corrected chi connectivity index (χ4v) is 2.76. The van der Waals surface area contributed by atoms with Crippen molar-refractivity contribution in [3.05, 3.63) is 11.7 Å². The number of amides is 2. The summed E-state index contributed by atoms with van der Waals surface area (Å²) in [6.07, 6.45) is 3.39. The second-order valence-electron chi connectivity index (χ2n) is 6.61. The highest BCUT2D eigenvalue weighted by atomic mass is 16.5. The fraction of sp³-hybridized carbons (Fsp3) is 0.800. The Balaban J connectivity index is 1.73. The van der Waals surface area contributed by atoms with Gasteiger partial charge in [-0.25, -0.2) is 4.79 Å². The first-order valence-corrected chi connectivity index (χ1v) is 7.92. The monoisotopic (exact) mass is 310 g/mol. The highest BCUT2D eigenvalue weighted by Gasteiger charge is 2.39. The van der Waals surface area contributed by atoms with Gasteiger partial charge in [-0.2, -0.15) is 4.98 Å². The minimum atomic E-state index is -0.213. The van der Waals surface area contributed by atoms with Crippen LogP contribution in [0.25, 0.3) is 0 Å². The Kier molecular flexibility index (Phi) is 5.39. The molecule has 0 spiro atoms. The Morgan fingerprint density at radius 2 is 2.32 bits per heavy atom. The first-order chi connectivity index (χ1) is 10.4. The summed E-state index contributed by atoms with van der Waals surface area (Å²) < 4.78 is 5.13. The maximum Gasteiger partial charge on any atom is 0.315 e. The maximum absolute atomic E-state index is 11.9. The molecule has 124 valence electrons. The molecular formula is C15H26N4O3. The molecule has 2 atom stereocenters. The second kappa shape index (κ2) is 7.09. The summed E-state index contributed by atoms with van der Waals surface area (Å²) >= 11 is 0. The Labute approximate surface area is 130 Å². The molecule has 0 bridgehead atoms. The van der Waals surface area contributed by atoms with Crippen molar-refractivity contribution >= 4 is 6.03 Å². The topological polar surface area (TPSA) is 100 Å². The van der Waals surface area contributed by atoms with Gasteiger partial charge in [0.15, 0.2) is 5.82 Å². The Bertz CT molecular complexity index is 503. The summed E-state index contributed by atoms with van der Waals surface area (Å²) in [6.45, 7) is 6.54. The number of aromatic nitrogens is 2. The number of urea groups is 1. The van der Waals surface area contributed by atoms with Gasteiger partial charge in [0.05, 0.1) is 6.61 Å². The second-order valence-corrected chi connectivity index (χ2v) is 6.61. The lowest BCUT2D eigenvalue weighted by Gasteiger charge is -2.30.